The van der Waals surface area contributed by atoms with Gasteiger partial charge in [0.2, 0.25) is 0 Å². The number of carbonyl (C=O) groups is 2. The van der Waals surface area contributed by atoms with Crippen LogP contribution in [0, 0.1) is 25.2 Å². The van der Waals surface area contributed by atoms with E-state index >= 15 is 0 Å². The van der Waals surface area contributed by atoms with Crippen LogP contribution in [0.5, 0.6) is 11.5 Å². The van der Waals surface area contributed by atoms with Crippen molar-refractivity contribution in [2.45, 2.75) is 77.9 Å². The van der Waals surface area contributed by atoms with Crippen LogP contribution in [0.1, 0.15) is 64.8 Å². The SMILES string of the molecule is Cc1c(COc2cc(OCc3cncc(C#N)c3)c(CCC[C@@H](O)CC(=O)O)cc2Cl)cccc1-c1cccc(-c2ccn3cc(CNC[C@@H](O)CC(=O)O)nc3c2)c1C. The van der Waals surface area contributed by atoms with E-state index in [1.165, 1.54) is 6.20 Å². The van der Waals surface area contributed by atoms with Gasteiger partial charge in [-0.15, -0.1) is 0 Å². The van der Waals surface area contributed by atoms with Crippen molar-refractivity contribution in [2.24, 2.45) is 0 Å². The first-order chi connectivity index (χ1) is 28.9. The van der Waals surface area contributed by atoms with E-state index in [0.29, 0.717) is 53.5 Å². The Labute approximate surface area is 352 Å². The number of halogens is 1. The van der Waals surface area contributed by atoms with E-state index in [0.717, 1.165) is 55.8 Å². The summed E-state index contributed by atoms with van der Waals surface area (Å²) in [5, 5.41) is 50.7. The number of benzene rings is 3. The minimum absolute atomic E-state index is 0.135. The highest BCUT2D eigenvalue weighted by atomic mass is 35.5. The number of ether oxygens (including phenoxy) is 2. The highest BCUT2D eigenvalue weighted by Crippen LogP contribution is 2.37. The predicted octanol–water partition coefficient (Wildman–Crippen LogP) is 7.45. The molecule has 0 unspecified atom stereocenters. The Bertz CT molecular complexity index is 2530. The van der Waals surface area contributed by atoms with Crippen LogP contribution in [0.2, 0.25) is 5.02 Å². The zero-order valence-electron chi connectivity index (χ0n) is 33.3. The van der Waals surface area contributed by atoms with E-state index < -0.39 is 24.1 Å². The molecule has 0 aliphatic heterocycles. The Hall–Kier alpha value is -6.30. The van der Waals surface area contributed by atoms with E-state index in [-0.39, 0.29) is 32.6 Å². The van der Waals surface area contributed by atoms with Gasteiger partial charge in [0.15, 0.2) is 0 Å². The Morgan fingerprint density at radius 2 is 1.58 bits per heavy atom. The molecule has 0 fully saturated rings. The number of rotatable bonds is 20. The lowest BCUT2D eigenvalue weighted by Gasteiger charge is -2.18. The van der Waals surface area contributed by atoms with Gasteiger partial charge < -0.3 is 39.6 Å². The number of aliphatic carboxylic acids is 2. The van der Waals surface area contributed by atoms with Gasteiger partial charge >= 0.3 is 11.9 Å². The van der Waals surface area contributed by atoms with Crippen molar-refractivity contribution in [3.05, 3.63) is 136 Å². The van der Waals surface area contributed by atoms with Crippen LogP contribution in [0.3, 0.4) is 0 Å². The number of nitriles is 1. The molecule has 13 nitrogen and oxygen atoms in total. The van der Waals surface area contributed by atoms with Gasteiger partial charge in [0.25, 0.3) is 0 Å². The second-order valence-electron chi connectivity index (χ2n) is 14.7. The van der Waals surface area contributed by atoms with Crippen LogP contribution < -0.4 is 14.8 Å². The molecule has 14 heteroatoms. The molecule has 60 heavy (non-hydrogen) atoms. The monoisotopic (exact) mass is 831 g/mol. The Kier molecular flexibility index (Phi) is 14.5. The van der Waals surface area contributed by atoms with Crippen LogP contribution in [0.4, 0.5) is 0 Å². The molecular weight excluding hydrogens is 786 g/mol. The number of carboxylic acids is 2. The van der Waals surface area contributed by atoms with Crippen molar-refractivity contribution in [1.82, 2.24) is 19.7 Å². The molecule has 3 aromatic carbocycles. The zero-order valence-corrected chi connectivity index (χ0v) is 34.0. The smallest absolute Gasteiger partial charge is 0.306 e. The third-order valence-electron chi connectivity index (χ3n) is 10.2. The van der Waals surface area contributed by atoms with Crippen molar-refractivity contribution >= 4 is 29.2 Å². The molecule has 310 valence electrons. The second-order valence-corrected chi connectivity index (χ2v) is 15.1. The minimum atomic E-state index is -1.06. The van der Waals surface area contributed by atoms with Gasteiger partial charge in [0.05, 0.1) is 41.3 Å². The number of nitrogens with zero attached hydrogens (tertiary/aromatic N) is 4. The molecule has 0 aliphatic rings. The summed E-state index contributed by atoms with van der Waals surface area (Å²) in [6.07, 6.45) is 5.63. The third kappa shape index (κ3) is 11.2. The number of hydrogen-bond donors (Lipinski definition) is 5. The lowest BCUT2D eigenvalue weighted by molar-refractivity contribution is -0.140. The summed E-state index contributed by atoms with van der Waals surface area (Å²) in [4.78, 5) is 30.8. The number of aryl methyl sites for hydroxylation is 1. The average Bonchev–Trinajstić information content (AvgIpc) is 3.62. The van der Waals surface area contributed by atoms with Crippen molar-refractivity contribution in [2.75, 3.05) is 6.54 Å². The number of imidazole rings is 1. The van der Waals surface area contributed by atoms with E-state index in [9.17, 15) is 25.1 Å². The summed E-state index contributed by atoms with van der Waals surface area (Å²) in [7, 11) is 0. The van der Waals surface area contributed by atoms with Gasteiger partial charge in [-0.1, -0.05) is 48.0 Å². The summed E-state index contributed by atoms with van der Waals surface area (Å²) < 4.78 is 14.5. The maximum absolute atomic E-state index is 11.0. The van der Waals surface area contributed by atoms with Crippen molar-refractivity contribution < 1.29 is 39.5 Å². The first-order valence-electron chi connectivity index (χ1n) is 19.5. The van der Waals surface area contributed by atoms with Crippen LogP contribution in [0.25, 0.3) is 27.9 Å². The molecule has 3 heterocycles. The van der Waals surface area contributed by atoms with Crippen molar-refractivity contribution in [3.63, 3.8) is 0 Å². The van der Waals surface area contributed by atoms with Crippen LogP contribution >= 0.6 is 11.6 Å². The number of fused-ring (bicyclic) bond motifs is 1. The summed E-state index contributed by atoms with van der Waals surface area (Å²) in [6, 6.07) is 23.7. The highest BCUT2D eigenvalue weighted by Gasteiger charge is 2.17. The first-order valence-corrected chi connectivity index (χ1v) is 19.8. The largest absolute Gasteiger partial charge is 0.488 e. The second kappa shape index (κ2) is 20.1. The van der Waals surface area contributed by atoms with Gasteiger partial charge in [-0.3, -0.25) is 14.6 Å². The number of nitrogens with one attached hydrogen (secondary N) is 1. The Balaban J connectivity index is 1.19. The van der Waals surface area contributed by atoms with Crippen molar-refractivity contribution in [3.8, 4) is 39.8 Å². The molecule has 0 aliphatic carbocycles. The minimum Gasteiger partial charge on any atom is -0.488 e. The zero-order chi connectivity index (χ0) is 42.8. The Morgan fingerprint density at radius 1 is 0.867 bits per heavy atom. The standard InChI is InChI=1S/C46H46ClN5O8/c1-28-34(27-60-43-19-42(59-26-31-14-30(20-48)21-49-22-31)33(15-41(43)47)6-3-8-36(53)17-45(55)56)7-4-10-39(28)40-11-5-9-38(29(40)2)32-12-13-52-25-35(51-44(52)16-32)23-50-24-37(54)18-46(57)58/h4-5,7,9-16,19,21-22,25,36-37,50,53-54H,3,6,8,17-18,23-24,26-27H2,1-2H3,(H,55,56)(H,57,58)/t36-,37+/m1/s1. The molecule has 6 rings (SSSR count). The summed E-state index contributed by atoms with van der Waals surface area (Å²) in [5.74, 6) is -1.18. The number of aliphatic hydroxyl groups is 2. The predicted molar refractivity (Wildman–Crippen MR) is 226 cm³/mol. The number of pyridine rings is 2. The molecule has 6 aromatic rings. The van der Waals surface area contributed by atoms with Gasteiger partial charge in [-0.2, -0.15) is 5.26 Å². The fraction of sp³-hybridized carbons (Fsp3) is 0.283. The molecule has 0 radical (unpaired) electrons. The van der Waals surface area contributed by atoms with Crippen LogP contribution in [-0.4, -0.2) is 65.5 Å². The maximum Gasteiger partial charge on any atom is 0.306 e. The van der Waals surface area contributed by atoms with E-state index in [1.54, 1.807) is 24.4 Å². The topological polar surface area (TPSA) is 200 Å². The quantitative estimate of drug-likeness (QED) is 0.0510. The molecule has 0 bridgehead atoms. The van der Waals surface area contributed by atoms with Gasteiger partial charge in [-0.05, 0) is 102 Å². The number of carboxylic acid groups (broad SMARTS) is 2. The van der Waals surface area contributed by atoms with Crippen LogP contribution in [0.15, 0.2) is 91.5 Å². The molecule has 0 amide bonds. The molecule has 0 spiro atoms. The first kappa shape index (κ1) is 43.3. The fourth-order valence-electron chi connectivity index (χ4n) is 7.09. The van der Waals surface area contributed by atoms with Crippen molar-refractivity contribution in [1.29, 1.82) is 5.26 Å². The Morgan fingerprint density at radius 3 is 2.35 bits per heavy atom. The normalized spacial score (nSPS) is 12.2. The van der Waals surface area contributed by atoms with E-state index in [1.807, 2.05) is 47.1 Å². The summed E-state index contributed by atoms with van der Waals surface area (Å²) in [5.41, 5.74) is 10.7. The van der Waals surface area contributed by atoms with E-state index in [4.69, 9.17) is 36.3 Å². The maximum atomic E-state index is 11.0. The molecular formula is C46H46ClN5O8. The van der Waals surface area contributed by atoms with E-state index in [2.05, 4.69) is 48.4 Å². The molecule has 3 aromatic heterocycles. The van der Waals surface area contributed by atoms with Gasteiger partial charge in [0.1, 0.15) is 36.4 Å². The number of hydrogen-bond acceptors (Lipinski definition) is 10. The highest BCUT2D eigenvalue weighted by molar-refractivity contribution is 6.32. The number of aromatic nitrogens is 3. The fourth-order valence-corrected chi connectivity index (χ4v) is 7.33. The molecule has 2 atom stereocenters. The summed E-state index contributed by atoms with van der Waals surface area (Å²) in [6.45, 7) is 5.05. The van der Waals surface area contributed by atoms with Crippen LogP contribution in [-0.2, 0) is 35.8 Å². The molecule has 0 saturated carbocycles. The molecule has 5 N–H and O–H groups in total. The molecule has 0 saturated heterocycles. The lowest BCUT2D eigenvalue weighted by Crippen LogP contribution is -2.28. The van der Waals surface area contributed by atoms with Gasteiger partial charge in [0, 0.05) is 49.5 Å². The third-order valence-corrected chi connectivity index (χ3v) is 10.5. The average molecular weight is 832 g/mol. The lowest BCUT2D eigenvalue weighted by atomic mass is 9.90. The number of aliphatic hydroxyl groups excluding tert-OH is 2. The van der Waals surface area contributed by atoms with Gasteiger partial charge in [-0.25, -0.2) is 4.98 Å². The summed E-state index contributed by atoms with van der Waals surface area (Å²) >= 11 is 6.79.